The van der Waals surface area contributed by atoms with Gasteiger partial charge in [-0.15, -0.1) is 6.42 Å². The number of fused-ring (bicyclic) bond motifs is 3. The van der Waals surface area contributed by atoms with Crippen molar-refractivity contribution >= 4 is 46.5 Å². The number of para-hydroxylation sites is 1. The molecule has 0 unspecified atom stereocenters. The first-order chi connectivity index (χ1) is 21.3. The third-order valence-corrected chi connectivity index (χ3v) is 8.88. The van der Waals surface area contributed by atoms with Crippen LogP contribution in [0, 0.1) is 25.2 Å². The van der Waals surface area contributed by atoms with Crippen LogP contribution in [0.15, 0.2) is 36.5 Å². The first kappa shape index (κ1) is 30.5. The Balaban J connectivity index is 1.39. The number of alkyl halides is 3. The van der Waals surface area contributed by atoms with Crippen LogP contribution in [-0.4, -0.2) is 62.8 Å². The van der Waals surface area contributed by atoms with Gasteiger partial charge in [-0.05, 0) is 44.0 Å². The van der Waals surface area contributed by atoms with Crippen molar-refractivity contribution in [3.63, 3.8) is 0 Å². The molecule has 0 aliphatic carbocycles. The number of aromatic nitrogens is 3. The van der Waals surface area contributed by atoms with Crippen molar-refractivity contribution in [3.8, 4) is 12.3 Å². The van der Waals surface area contributed by atoms with Gasteiger partial charge in [0.15, 0.2) is 0 Å². The Labute approximate surface area is 262 Å². The summed E-state index contributed by atoms with van der Waals surface area (Å²) in [6.07, 6.45) is 2.51. The minimum absolute atomic E-state index is 0.0713. The minimum Gasteiger partial charge on any atom is -0.362 e. The van der Waals surface area contributed by atoms with Gasteiger partial charge >= 0.3 is 6.18 Å². The van der Waals surface area contributed by atoms with Gasteiger partial charge in [-0.3, -0.25) is 19.3 Å². The summed E-state index contributed by atoms with van der Waals surface area (Å²) in [5, 5.41) is 0.380. The quantitative estimate of drug-likeness (QED) is 0.402. The van der Waals surface area contributed by atoms with Crippen LogP contribution in [0.2, 0.25) is 5.02 Å². The zero-order chi connectivity index (χ0) is 32.4. The number of anilines is 3. The third-order valence-electron chi connectivity index (χ3n) is 8.58. The number of nitrogens with zero attached hydrogens (tertiary/aromatic N) is 7. The molecule has 14 heteroatoms. The number of carbonyl (C=O) groups excluding carboxylic acids is 3. The SMILES string of the molecule is C#CC(=O)N1Cc2nc(CN3C[C@H]4CC(=O)N(c5cc(C(F)(F)F)cc(C)n5)[C@@H]4C(=O)N(C)c4cccc(Cl)c43)cn2C[C@@H]1C. The lowest BCUT2D eigenvalue weighted by molar-refractivity contribution is -0.137. The Morgan fingerprint density at radius 3 is 2.64 bits per heavy atom. The molecule has 1 aromatic carbocycles. The van der Waals surface area contributed by atoms with Crippen molar-refractivity contribution in [1.82, 2.24) is 19.4 Å². The van der Waals surface area contributed by atoms with Crippen LogP contribution in [0.3, 0.4) is 0 Å². The Hall–Kier alpha value is -4.57. The molecular weight excluding hydrogens is 611 g/mol. The van der Waals surface area contributed by atoms with Crippen molar-refractivity contribution in [2.24, 2.45) is 5.92 Å². The third kappa shape index (κ3) is 5.37. The molecular formula is C31H29ClF3N7O3. The summed E-state index contributed by atoms with van der Waals surface area (Å²) in [6.45, 7) is 4.49. The highest BCUT2D eigenvalue weighted by Gasteiger charge is 2.49. The van der Waals surface area contributed by atoms with E-state index in [1.165, 1.54) is 11.8 Å². The number of likely N-dealkylation sites (N-methyl/N-ethyl adjacent to an activating group) is 1. The summed E-state index contributed by atoms with van der Waals surface area (Å²) in [4.78, 5) is 54.9. The predicted molar refractivity (Wildman–Crippen MR) is 160 cm³/mol. The average Bonchev–Trinajstić information content (AvgIpc) is 3.52. The molecule has 2 aromatic heterocycles. The number of benzene rings is 1. The molecule has 1 fully saturated rings. The fourth-order valence-corrected chi connectivity index (χ4v) is 6.81. The Morgan fingerprint density at radius 2 is 1.93 bits per heavy atom. The summed E-state index contributed by atoms with van der Waals surface area (Å²) in [6, 6.07) is 5.60. The molecule has 5 heterocycles. The molecule has 3 amide bonds. The van der Waals surface area contributed by atoms with Gasteiger partial charge < -0.3 is 19.3 Å². The highest BCUT2D eigenvalue weighted by Crippen LogP contribution is 2.43. The van der Waals surface area contributed by atoms with Crippen molar-refractivity contribution in [2.75, 3.05) is 28.3 Å². The van der Waals surface area contributed by atoms with E-state index in [1.807, 2.05) is 22.6 Å². The van der Waals surface area contributed by atoms with Gasteiger partial charge in [0.25, 0.3) is 5.91 Å². The van der Waals surface area contributed by atoms with E-state index in [4.69, 9.17) is 23.0 Å². The number of aryl methyl sites for hydroxylation is 1. The monoisotopic (exact) mass is 639 g/mol. The van der Waals surface area contributed by atoms with E-state index in [0.717, 1.165) is 17.0 Å². The van der Waals surface area contributed by atoms with Crippen molar-refractivity contribution in [1.29, 1.82) is 0 Å². The highest BCUT2D eigenvalue weighted by atomic mass is 35.5. The van der Waals surface area contributed by atoms with Crippen LogP contribution in [0.4, 0.5) is 30.4 Å². The van der Waals surface area contributed by atoms with Gasteiger partial charge in [-0.25, -0.2) is 9.97 Å². The second-order valence-electron chi connectivity index (χ2n) is 11.6. The van der Waals surface area contributed by atoms with Gasteiger partial charge in [0.2, 0.25) is 11.8 Å². The normalized spacial score (nSPS) is 21.6. The minimum atomic E-state index is -4.66. The largest absolute Gasteiger partial charge is 0.416 e. The number of imidazole rings is 1. The molecule has 0 spiro atoms. The van der Waals surface area contributed by atoms with E-state index in [0.29, 0.717) is 34.5 Å². The highest BCUT2D eigenvalue weighted by molar-refractivity contribution is 6.34. The van der Waals surface area contributed by atoms with Gasteiger partial charge in [-0.1, -0.05) is 17.7 Å². The molecule has 3 aliphatic rings. The number of carbonyl (C=O) groups is 3. The van der Waals surface area contributed by atoms with Crippen LogP contribution in [0.1, 0.15) is 36.1 Å². The van der Waals surface area contributed by atoms with E-state index in [1.54, 1.807) is 30.1 Å². The molecule has 45 heavy (non-hydrogen) atoms. The average molecular weight is 640 g/mol. The van der Waals surface area contributed by atoms with Crippen LogP contribution in [0.25, 0.3) is 0 Å². The zero-order valence-electron chi connectivity index (χ0n) is 24.7. The fourth-order valence-electron chi connectivity index (χ4n) is 6.52. The number of amides is 3. The lowest BCUT2D eigenvalue weighted by Gasteiger charge is -2.39. The Bertz CT molecular complexity index is 1770. The standard InChI is InChI=1S/C31H29ClF3N7O3/c1-5-26(43)41-16-25-37-21(14-39(25)12-18(41)3)15-40-13-19-10-27(44)42(24-11-20(31(33,34)35)9-17(2)36-24)28(19)30(45)38(4)23-8-6-7-22(32)29(23)40/h1,6-9,11,14,18-19,28H,10,12-13,15-16H2,2-4H3/t18-,19+,28-/m0/s1. The zero-order valence-corrected chi connectivity index (χ0v) is 25.4. The van der Waals surface area contributed by atoms with E-state index in [2.05, 4.69) is 10.9 Å². The second kappa shape index (κ2) is 11.1. The van der Waals surface area contributed by atoms with Crippen molar-refractivity contribution in [2.45, 2.75) is 58.2 Å². The molecule has 3 atom stereocenters. The first-order valence-electron chi connectivity index (χ1n) is 14.3. The smallest absolute Gasteiger partial charge is 0.362 e. The topological polar surface area (TPSA) is 94.9 Å². The number of hydrogen-bond donors (Lipinski definition) is 0. The first-order valence-corrected chi connectivity index (χ1v) is 14.7. The number of terminal acetylenes is 1. The summed E-state index contributed by atoms with van der Waals surface area (Å²) < 4.78 is 43.1. The molecule has 234 valence electrons. The molecule has 0 N–H and O–H groups in total. The Kier molecular flexibility index (Phi) is 7.51. The summed E-state index contributed by atoms with van der Waals surface area (Å²) in [7, 11) is 1.55. The number of rotatable bonds is 3. The van der Waals surface area contributed by atoms with E-state index in [-0.39, 0.29) is 43.6 Å². The summed E-state index contributed by atoms with van der Waals surface area (Å²) in [5.41, 5.74) is 0.826. The maximum Gasteiger partial charge on any atom is 0.416 e. The number of pyridine rings is 1. The van der Waals surface area contributed by atoms with Gasteiger partial charge in [-0.2, -0.15) is 13.2 Å². The molecule has 0 radical (unpaired) electrons. The summed E-state index contributed by atoms with van der Waals surface area (Å²) >= 11 is 6.74. The molecule has 3 aromatic rings. The maximum atomic E-state index is 14.0. The number of hydrogen-bond acceptors (Lipinski definition) is 6. The van der Waals surface area contributed by atoms with Crippen molar-refractivity contribution in [3.05, 3.63) is 64.3 Å². The molecule has 0 bridgehead atoms. The molecule has 3 aliphatic heterocycles. The summed E-state index contributed by atoms with van der Waals surface area (Å²) in [5.74, 6) is 0.627. The number of halogens is 4. The van der Waals surface area contributed by atoms with Crippen LogP contribution < -0.4 is 14.7 Å². The van der Waals surface area contributed by atoms with Crippen molar-refractivity contribution < 1.29 is 27.6 Å². The Morgan fingerprint density at radius 1 is 1.18 bits per heavy atom. The van der Waals surface area contributed by atoms with E-state index < -0.39 is 41.4 Å². The molecule has 1 saturated heterocycles. The van der Waals surface area contributed by atoms with Crippen LogP contribution in [0.5, 0.6) is 0 Å². The molecule has 0 saturated carbocycles. The van der Waals surface area contributed by atoms with Crippen LogP contribution in [-0.2, 0) is 40.2 Å². The van der Waals surface area contributed by atoms with Gasteiger partial charge in [0, 0.05) is 50.4 Å². The predicted octanol–water partition coefficient (Wildman–Crippen LogP) is 4.03. The van der Waals surface area contributed by atoms with Gasteiger partial charge in [0.1, 0.15) is 17.7 Å². The van der Waals surface area contributed by atoms with Gasteiger partial charge in [0.05, 0.1) is 40.7 Å². The molecule has 10 nitrogen and oxygen atoms in total. The second-order valence-corrected chi connectivity index (χ2v) is 12.0. The lowest BCUT2D eigenvalue weighted by atomic mass is 9.95. The van der Waals surface area contributed by atoms with E-state index in [9.17, 15) is 27.6 Å². The van der Waals surface area contributed by atoms with Crippen LogP contribution >= 0.6 is 11.6 Å². The molecule has 6 rings (SSSR count). The fraction of sp³-hybridized carbons (Fsp3) is 0.387. The maximum absolute atomic E-state index is 14.0. The van der Waals surface area contributed by atoms with E-state index >= 15 is 0 Å². The lowest BCUT2D eigenvalue weighted by Crippen LogP contribution is -2.52.